The van der Waals surface area contributed by atoms with E-state index in [9.17, 15) is 4.79 Å². The van der Waals surface area contributed by atoms with Gasteiger partial charge in [0.2, 0.25) is 5.91 Å². The van der Waals surface area contributed by atoms with E-state index in [0.717, 1.165) is 5.22 Å². The maximum Gasteiger partial charge on any atom is 0.250 e. The van der Waals surface area contributed by atoms with Crippen LogP contribution in [0.1, 0.15) is 6.42 Å². The quantitative estimate of drug-likeness (QED) is 0.505. The number of hydrogen-bond acceptors (Lipinski definition) is 3. The summed E-state index contributed by atoms with van der Waals surface area (Å²) >= 11 is 0. The first-order chi connectivity index (χ1) is 6.16. The molecule has 4 heteroatoms. The molecule has 0 atom stereocenters. The molecular formula is C9H9N3O. The zero-order chi connectivity index (χ0) is 9.42. The standard InChI is InChI=1S/C9H9N3O/c10-6-3-5-1-2-8(13)12-9(5)7(11)4-6/h1,3-4H,2,10-11H2. The lowest BCUT2D eigenvalue weighted by atomic mass is 10.1. The summed E-state index contributed by atoms with van der Waals surface area (Å²) in [5.74, 6) is -0.163. The van der Waals surface area contributed by atoms with Gasteiger partial charge in [0.1, 0.15) is 0 Å². The molecule has 0 spiro atoms. The van der Waals surface area contributed by atoms with Crippen molar-refractivity contribution in [1.82, 2.24) is 0 Å². The van der Waals surface area contributed by atoms with Crippen LogP contribution in [0.25, 0.3) is 6.08 Å². The minimum absolute atomic E-state index is 0.163. The molecule has 0 saturated heterocycles. The summed E-state index contributed by atoms with van der Waals surface area (Å²) in [6, 6.07) is 3.37. The van der Waals surface area contributed by atoms with Crippen molar-refractivity contribution in [2.24, 2.45) is 4.99 Å². The molecule has 0 radical (unpaired) electrons. The molecule has 13 heavy (non-hydrogen) atoms. The number of nitrogens with two attached hydrogens (primary N) is 2. The number of benzene rings is 1. The lowest BCUT2D eigenvalue weighted by Gasteiger charge is -2.02. The summed E-state index contributed by atoms with van der Waals surface area (Å²) in [4.78, 5) is 14.8. The lowest BCUT2D eigenvalue weighted by Crippen LogP contribution is -2.32. The monoisotopic (exact) mass is 175 g/mol. The average Bonchev–Trinajstić information content (AvgIpc) is 2.06. The fourth-order valence-corrected chi connectivity index (χ4v) is 1.36. The van der Waals surface area contributed by atoms with E-state index in [1.165, 1.54) is 0 Å². The Morgan fingerprint density at radius 1 is 1.31 bits per heavy atom. The molecule has 0 bridgehead atoms. The third kappa shape index (κ3) is 1.26. The van der Waals surface area contributed by atoms with Gasteiger partial charge >= 0.3 is 0 Å². The second-order valence-corrected chi connectivity index (χ2v) is 2.96. The van der Waals surface area contributed by atoms with E-state index in [1.807, 2.05) is 0 Å². The number of amides is 1. The number of carbonyl (C=O) groups is 1. The van der Waals surface area contributed by atoms with E-state index in [4.69, 9.17) is 11.5 Å². The first-order valence-electron chi connectivity index (χ1n) is 3.93. The van der Waals surface area contributed by atoms with Crippen LogP contribution in [0.4, 0.5) is 11.4 Å². The zero-order valence-corrected chi connectivity index (χ0v) is 6.95. The van der Waals surface area contributed by atoms with Crippen molar-refractivity contribution in [2.45, 2.75) is 6.42 Å². The molecule has 1 aliphatic heterocycles. The predicted molar refractivity (Wildman–Crippen MR) is 50.1 cm³/mol. The highest BCUT2D eigenvalue weighted by Gasteiger charge is 2.05. The normalized spacial score (nSPS) is 14.3. The van der Waals surface area contributed by atoms with Crippen molar-refractivity contribution < 1.29 is 4.79 Å². The van der Waals surface area contributed by atoms with Crippen molar-refractivity contribution >= 4 is 23.4 Å². The molecule has 1 heterocycles. The fourth-order valence-electron chi connectivity index (χ4n) is 1.36. The summed E-state index contributed by atoms with van der Waals surface area (Å²) < 4.78 is 0. The van der Waals surface area contributed by atoms with Crippen LogP contribution in [-0.4, -0.2) is 5.91 Å². The van der Waals surface area contributed by atoms with Gasteiger partial charge in [0.25, 0.3) is 0 Å². The van der Waals surface area contributed by atoms with Gasteiger partial charge in [-0.25, -0.2) is 4.99 Å². The van der Waals surface area contributed by atoms with E-state index in [0.29, 0.717) is 23.2 Å². The SMILES string of the molecule is Nc1cc(N)c2c(c1)=CCC(=O)N=2. The Morgan fingerprint density at radius 2 is 2.08 bits per heavy atom. The van der Waals surface area contributed by atoms with Crippen LogP contribution < -0.4 is 22.0 Å². The first-order valence-corrected chi connectivity index (χ1v) is 3.93. The van der Waals surface area contributed by atoms with Crippen molar-refractivity contribution in [3.63, 3.8) is 0 Å². The zero-order valence-electron chi connectivity index (χ0n) is 6.95. The molecular weight excluding hydrogens is 166 g/mol. The Labute approximate surface area is 74.6 Å². The van der Waals surface area contributed by atoms with Crippen LogP contribution in [0.3, 0.4) is 0 Å². The molecule has 0 saturated carbocycles. The summed E-state index contributed by atoms with van der Waals surface area (Å²) in [5, 5.41) is 1.39. The van der Waals surface area contributed by atoms with Crippen molar-refractivity contribution in [3.05, 3.63) is 22.7 Å². The third-order valence-electron chi connectivity index (χ3n) is 1.92. The van der Waals surface area contributed by atoms with E-state index < -0.39 is 0 Å². The Morgan fingerprint density at radius 3 is 2.85 bits per heavy atom. The maximum atomic E-state index is 11.0. The number of nitrogens with zero attached hydrogens (tertiary/aromatic N) is 1. The molecule has 0 fully saturated rings. The Balaban J connectivity index is 2.88. The van der Waals surface area contributed by atoms with E-state index in [-0.39, 0.29) is 5.91 Å². The number of rotatable bonds is 0. The van der Waals surface area contributed by atoms with E-state index in [2.05, 4.69) is 4.99 Å². The van der Waals surface area contributed by atoms with Gasteiger partial charge in [-0.3, -0.25) is 4.79 Å². The van der Waals surface area contributed by atoms with Gasteiger partial charge in [0.05, 0.1) is 11.0 Å². The van der Waals surface area contributed by atoms with Crippen LogP contribution in [0.15, 0.2) is 17.1 Å². The van der Waals surface area contributed by atoms with Crippen LogP contribution >= 0.6 is 0 Å². The lowest BCUT2D eigenvalue weighted by molar-refractivity contribution is -0.117. The molecule has 4 N–H and O–H groups in total. The average molecular weight is 175 g/mol. The van der Waals surface area contributed by atoms with Gasteiger partial charge in [-0.1, -0.05) is 6.08 Å². The molecule has 0 aliphatic carbocycles. The largest absolute Gasteiger partial charge is 0.399 e. The van der Waals surface area contributed by atoms with Crippen LogP contribution in [0.5, 0.6) is 0 Å². The topological polar surface area (TPSA) is 81.5 Å². The Bertz CT molecular complexity index is 490. The number of fused-ring (bicyclic) bond motifs is 1. The highest BCUT2D eigenvalue weighted by molar-refractivity contribution is 5.83. The molecule has 2 rings (SSSR count). The van der Waals surface area contributed by atoms with Crippen molar-refractivity contribution in [3.8, 4) is 0 Å². The molecule has 0 aromatic heterocycles. The Kier molecular flexibility index (Phi) is 1.55. The second-order valence-electron chi connectivity index (χ2n) is 2.96. The van der Waals surface area contributed by atoms with Crippen LogP contribution in [-0.2, 0) is 4.79 Å². The minimum Gasteiger partial charge on any atom is -0.399 e. The Hall–Kier alpha value is -1.84. The molecule has 1 aliphatic rings. The first kappa shape index (κ1) is 7.79. The van der Waals surface area contributed by atoms with Gasteiger partial charge in [-0.05, 0) is 12.1 Å². The van der Waals surface area contributed by atoms with E-state index >= 15 is 0 Å². The summed E-state index contributed by atoms with van der Waals surface area (Å²) in [7, 11) is 0. The van der Waals surface area contributed by atoms with Gasteiger partial charge < -0.3 is 11.5 Å². The molecule has 4 nitrogen and oxygen atoms in total. The molecule has 1 aromatic carbocycles. The summed E-state index contributed by atoms with van der Waals surface area (Å²) in [5.41, 5.74) is 12.3. The van der Waals surface area contributed by atoms with Crippen molar-refractivity contribution in [2.75, 3.05) is 11.5 Å². The van der Waals surface area contributed by atoms with Gasteiger partial charge in [-0.15, -0.1) is 0 Å². The van der Waals surface area contributed by atoms with E-state index in [1.54, 1.807) is 18.2 Å². The second kappa shape index (κ2) is 2.58. The van der Waals surface area contributed by atoms with Crippen LogP contribution in [0.2, 0.25) is 0 Å². The van der Waals surface area contributed by atoms with Crippen LogP contribution in [0, 0.1) is 0 Å². The van der Waals surface area contributed by atoms with Gasteiger partial charge in [-0.2, -0.15) is 0 Å². The highest BCUT2D eigenvalue weighted by Crippen LogP contribution is 2.01. The van der Waals surface area contributed by atoms with Gasteiger partial charge in [0.15, 0.2) is 0 Å². The number of anilines is 2. The highest BCUT2D eigenvalue weighted by atomic mass is 16.1. The van der Waals surface area contributed by atoms with Crippen molar-refractivity contribution in [1.29, 1.82) is 0 Å². The summed E-state index contributed by atoms with van der Waals surface area (Å²) in [6.45, 7) is 0. The number of hydrogen-bond donors (Lipinski definition) is 2. The molecule has 1 aromatic rings. The molecule has 0 unspecified atom stereocenters. The smallest absolute Gasteiger partial charge is 0.250 e. The number of nitrogen functional groups attached to an aromatic ring is 2. The number of carbonyl (C=O) groups excluding carboxylic acids is 1. The third-order valence-corrected chi connectivity index (χ3v) is 1.92. The molecule has 66 valence electrons. The predicted octanol–water partition coefficient (Wildman–Crippen LogP) is -0.819. The van der Waals surface area contributed by atoms with Gasteiger partial charge in [0, 0.05) is 17.3 Å². The summed E-state index contributed by atoms with van der Waals surface area (Å²) in [6.07, 6.45) is 2.12. The molecule has 1 amide bonds. The minimum atomic E-state index is -0.163. The maximum absolute atomic E-state index is 11.0. The fraction of sp³-hybridized carbons (Fsp3) is 0.111.